The Balaban J connectivity index is 2.31. The van der Waals surface area contributed by atoms with Crippen LogP contribution in [0.5, 0.6) is 0 Å². The van der Waals surface area contributed by atoms with Crippen LogP contribution >= 0.6 is 11.3 Å². The molecule has 82 valence electrons. The summed E-state index contributed by atoms with van der Waals surface area (Å²) in [5.41, 5.74) is 13.9. The Bertz CT molecular complexity index is 509. The van der Waals surface area contributed by atoms with E-state index in [1.54, 1.807) is 0 Å². The summed E-state index contributed by atoms with van der Waals surface area (Å²) >= 11 is 1.47. The molecule has 2 rings (SSSR count). The largest absolute Gasteiger partial charge is 0.311 e. The molecule has 0 radical (unpaired) electrons. The molecule has 1 aromatic carbocycles. The van der Waals surface area contributed by atoms with Crippen molar-refractivity contribution in [1.29, 1.82) is 0 Å². The van der Waals surface area contributed by atoms with Gasteiger partial charge in [0, 0.05) is 10.9 Å². The van der Waals surface area contributed by atoms with Gasteiger partial charge in [-0.1, -0.05) is 41.2 Å². The molecule has 0 unspecified atom stereocenters. The molecule has 1 aromatic heterocycles. The maximum Gasteiger partial charge on any atom is 0.303 e. The Hall–Kier alpha value is -1.88. The van der Waals surface area contributed by atoms with Crippen molar-refractivity contribution < 1.29 is 4.99 Å². The molecule has 2 aromatic rings. The van der Waals surface area contributed by atoms with Crippen LogP contribution in [0, 0.1) is 6.92 Å². The second-order valence-electron chi connectivity index (χ2n) is 3.48. The van der Waals surface area contributed by atoms with Crippen LogP contribution in [-0.4, -0.2) is 10.9 Å². The van der Waals surface area contributed by atoms with Gasteiger partial charge in [0.25, 0.3) is 5.13 Å². The van der Waals surface area contributed by atoms with Gasteiger partial charge in [0.05, 0.1) is 0 Å². The average molecular weight is 233 g/mol. The molecule has 0 amide bonds. The number of nitrogens with zero attached hydrogens (tertiary/aromatic N) is 1. The molecular formula is C11H13N4S+. The van der Waals surface area contributed by atoms with Crippen LogP contribution in [0.15, 0.2) is 29.6 Å². The molecule has 5 heteroatoms. The maximum absolute atomic E-state index is 5.34. The molecule has 0 bridgehead atoms. The number of guanidine groups is 1. The van der Waals surface area contributed by atoms with Crippen LogP contribution in [0.1, 0.15) is 5.56 Å². The number of hydrogen-bond acceptors (Lipinski definition) is 2. The van der Waals surface area contributed by atoms with Gasteiger partial charge in [0.15, 0.2) is 0 Å². The fraction of sp³-hybridized carbons (Fsp3) is 0.0909. The fourth-order valence-corrected chi connectivity index (χ4v) is 2.05. The van der Waals surface area contributed by atoms with E-state index < -0.39 is 0 Å². The number of hydrogen-bond donors (Lipinski definition) is 3. The molecule has 1 heterocycles. The van der Waals surface area contributed by atoms with Crippen molar-refractivity contribution in [2.75, 3.05) is 0 Å². The van der Waals surface area contributed by atoms with E-state index in [4.69, 9.17) is 11.5 Å². The van der Waals surface area contributed by atoms with E-state index in [-0.39, 0.29) is 5.96 Å². The molecule has 0 spiro atoms. The van der Waals surface area contributed by atoms with Gasteiger partial charge in [-0.3, -0.25) is 0 Å². The molecule has 0 saturated carbocycles. The third kappa shape index (κ3) is 2.38. The van der Waals surface area contributed by atoms with Crippen LogP contribution in [0.4, 0.5) is 5.13 Å². The highest BCUT2D eigenvalue weighted by atomic mass is 32.1. The second kappa shape index (κ2) is 4.32. The van der Waals surface area contributed by atoms with Crippen LogP contribution in [0.2, 0.25) is 0 Å². The van der Waals surface area contributed by atoms with E-state index in [0.717, 1.165) is 11.3 Å². The topological polar surface area (TPSA) is 78.9 Å². The molecule has 0 saturated heterocycles. The first-order valence-electron chi connectivity index (χ1n) is 4.82. The van der Waals surface area contributed by atoms with Gasteiger partial charge in [0.2, 0.25) is 0 Å². The highest BCUT2D eigenvalue weighted by molar-refractivity contribution is 7.13. The summed E-state index contributed by atoms with van der Waals surface area (Å²) in [7, 11) is 0. The van der Waals surface area contributed by atoms with E-state index in [1.807, 2.05) is 17.5 Å². The molecule has 0 atom stereocenters. The minimum Gasteiger partial charge on any atom is -0.311 e. The zero-order chi connectivity index (χ0) is 11.5. The first kappa shape index (κ1) is 10.6. The van der Waals surface area contributed by atoms with Gasteiger partial charge >= 0.3 is 5.96 Å². The minimum absolute atomic E-state index is 0.157. The Morgan fingerprint density at radius 1 is 1.25 bits per heavy atom. The average Bonchev–Trinajstić information content (AvgIpc) is 2.66. The summed E-state index contributed by atoms with van der Waals surface area (Å²) in [5, 5.41) is 2.67. The van der Waals surface area contributed by atoms with E-state index in [9.17, 15) is 0 Å². The summed E-state index contributed by atoms with van der Waals surface area (Å²) in [6.45, 7) is 2.06. The molecule has 5 N–H and O–H groups in total. The number of nitrogens with two attached hydrogens (primary N) is 2. The van der Waals surface area contributed by atoms with Crippen molar-refractivity contribution in [3.8, 4) is 11.3 Å². The van der Waals surface area contributed by atoms with Crippen LogP contribution in [0.25, 0.3) is 11.3 Å². The van der Waals surface area contributed by atoms with E-state index in [0.29, 0.717) is 5.13 Å². The van der Waals surface area contributed by atoms with Crippen LogP contribution in [0.3, 0.4) is 0 Å². The summed E-state index contributed by atoms with van der Waals surface area (Å²) in [5.74, 6) is 0.157. The monoisotopic (exact) mass is 233 g/mol. The third-order valence-electron chi connectivity index (χ3n) is 2.10. The summed E-state index contributed by atoms with van der Waals surface area (Å²) in [6, 6.07) is 8.21. The predicted molar refractivity (Wildman–Crippen MR) is 66.3 cm³/mol. The van der Waals surface area contributed by atoms with Crippen molar-refractivity contribution in [3.05, 3.63) is 35.2 Å². The molecule has 4 nitrogen and oxygen atoms in total. The predicted octanol–water partition coefficient (Wildman–Crippen LogP) is 0.104. The standard InChI is InChI=1S/C11H12N4S/c1-7-2-4-8(5-3-7)9-6-16-11(14-9)15-10(12)13/h2-6H,1H3,(H4,12,13,14,15)/p+1. The third-order valence-corrected chi connectivity index (χ3v) is 2.86. The molecule has 16 heavy (non-hydrogen) atoms. The number of benzene rings is 1. The lowest BCUT2D eigenvalue weighted by Crippen LogP contribution is -2.72. The first-order chi connectivity index (χ1) is 7.65. The lowest BCUT2D eigenvalue weighted by atomic mass is 10.1. The summed E-state index contributed by atoms with van der Waals surface area (Å²) in [4.78, 5) is 7.16. The minimum atomic E-state index is 0.157. The molecular weight excluding hydrogens is 220 g/mol. The van der Waals surface area contributed by atoms with Crippen molar-refractivity contribution >= 4 is 22.4 Å². The van der Waals surface area contributed by atoms with Gasteiger partial charge in [0.1, 0.15) is 5.69 Å². The van der Waals surface area contributed by atoms with Gasteiger partial charge in [-0.15, -0.1) is 4.98 Å². The van der Waals surface area contributed by atoms with E-state index >= 15 is 0 Å². The van der Waals surface area contributed by atoms with Crippen LogP contribution < -0.4 is 16.5 Å². The Morgan fingerprint density at radius 2 is 1.94 bits per heavy atom. The number of thiazole rings is 1. The Morgan fingerprint density at radius 3 is 2.56 bits per heavy atom. The highest BCUT2D eigenvalue weighted by Crippen LogP contribution is 2.22. The second-order valence-corrected chi connectivity index (χ2v) is 4.34. The SMILES string of the molecule is Cc1ccc(-c2csc([NH+]=C(N)N)n2)cc1. The van der Waals surface area contributed by atoms with Crippen molar-refractivity contribution in [2.24, 2.45) is 11.5 Å². The smallest absolute Gasteiger partial charge is 0.303 e. The number of aryl methyl sites for hydroxylation is 1. The first-order valence-corrected chi connectivity index (χ1v) is 5.70. The lowest BCUT2D eigenvalue weighted by Gasteiger charge is -1.94. The molecule has 0 fully saturated rings. The zero-order valence-electron chi connectivity index (χ0n) is 8.90. The lowest BCUT2D eigenvalue weighted by molar-refractivity contribution is -0.355. The van der Waals surface area contributed by atoms with E-state index in [1.165, 1.54) is 16.9 Å². The zero-order valence-corrected chi connectivity index (χ0v) is 9.71. The summed E-state index contributed by atoms with van der Waals surface area (Å²) < 4.78 is 0. The Kier molecular flexibility index (Phi) is 2.87. The highest BCUT2D eigenvalue weighted by Gasteiger charge is 2.07. The van der Waals surface area contributed by atoms with Gasteiger partial charge in [-0.2, -0.15) is 0 Å². The molecule has 0 aliphatic rings. The normalized spacial score (nSPS) is 10.1. The van der Waals surface area contributed by atoms with Gasteiger partial charge < -0.3 is 11.5 Å². The Labute approximate surface area is 97.7 Å². The van der Waals surface area contributed by atoms with Crippen molar-refractivity contribution in [1.82, 2.24) is 4.98 Å². The number of nitrogens with one attached hydrogen (secondary N) is 1. The quantitative estimate of drug-likeness (QED) is 0.508. The maximum atomic E-state index is 5.34. The fourth-order valence-electron chi connectivity index (χ4n) is 1.31. The van der Waals surface area contributed by atoms with Crippen molar-refractivity contribution in [3.63, 3.8) is 0 Å². The van der Waals surface area contributed by atoms with Crippen molar-refractivity contribution in [2.45, 2.75) is 6.92 Å². The van der Waals surface area contributed by atoms with E-state index in [2.05, 4.69) is 29.0 Å². The number of aromatic nitrogens is 1. The number of rotatable bonds is 2. The van der Waals surface area contributed by atoms with Gasteiger partial charge in [-0.25, -0.2) is 4.99 Å². The van der Waals surface area contributed by atoms with Gasteiger partial charge in [-0.05, 0) is 6.92 Å². The molecule has 0 aliphatic heterocycles. The summed E-state index contributed by atoms with van der Waals surface area (Å²) in [6.07, 6.45) is 0. The van der Waals surface area contributed by atoms with Crippen LogP contribution in [-0.2, 0) is 0 Å². The molecule has 0 aliphatic carbocycles.